The number of aliphatic hydroxyl groups is 1. The average Bonchev–Trinajstić information content (AvgIpc) is 2.28. The lowest BCUT2D eigenvalue weighted by Gasteiger charge is -2.22. The minimum absolute atomic E-state index is 0.226. The van der Waals surface area contributed by atoms with Crippen LogP contribution in [0.2, 0.25) is 0 Å². The highest BCUT2D eigenvalue weighted by molar-refractivity contribution is 6.35. The number of hydrogen-bond donors (Lipinski definition) is 3. The Bertz CT molecular complexity index is 254. The zero-order chi connectivity index (χ0) is 13.3. The van der Waals surface area contributed by atoms with Gasteiger partial charge >= 0.3 is 11.8 Å². The number of amides is 2. The van der Waals surface area contributed by atoms with Gasteiger partial charge in [0.05, 0.1) is 12.1 Å². The molecule has 0 aromatic carbocycles. The summed E-state index contributed by atoms with van der Waals surface area (Å²) in [7, 11) is 0. The molecule has 3 N–H and O–H groups in total. The van der Waals surface area contributed by atoms with Crippen LogP contribution in [0.3, 0.4) is 0 Å². The fourth-order valence-corrected chi connectivity index (χ4v) is 1.00. The van der Waals surface area contributed by atoms with Crippen LogP contribution in [-0.4, -0.2) is 48.8 Å². The lowest BCUT2D eigenvalue weighted by Crippen LogP contribution is -2.51. The van der Waals surface area contributed by atoms with Crippen LogP contribution < -0.4 is 10.6 Å². The standard InChI is InChI=1S/C11H22N2O4/c1-4-17-7-5-6-12-9(15)10(16)13-11(2,3)8-14/h14H,4-8H2,1-3H3,(H,12,15)(H,13,16). The summed E-state index contributed by atoms with van der Waals surface area (Å²) in [5, 5.41) is 13.8. The second-order valence-electron chi connectivity index (χ2n) is 4.30. The number of ether oxygens (including phenoxy) is 1. The van der Waals surface area contributed by atoms with Crippen LogP contribution in [0.4, 0.5) is 0 Å². The van der Waals surface area contributed by atoms with Crippen molar-refractivity contribution in [2.45, 2.75) is 32.7 Å². The number of nitrogens with one attached hydrogen (secondary N) is 2. The molecular weight excluding hydrogens is 224 g/mol. The van der Waals surface area contributed by atoms with Crippen molar-refractivity contribution in [1.82, 2.24) is 10.6 Å². The molecule has 0 spiro atoms. The van der Waals surface area contributed by atoms with Gasteiger partial charge in [-0.2, -0.15) is 0 Å². The monoisotopic (exact) mass is 246 g/mol. The number of carbonyl (C=O) groups is 2. The SMILES string of the molecule is CCOCCCNC(=O)C(=O)NC(C)(C)CO. The minimum atomic E-state index is -0.792. The fraction of sp³-hybridized carbons (Fsp3) is 0.818. The van der Waals surface area contributed by atoms with E-state index in [1.807, 2.05) is 6.92 Å². The molecule has 0 aromatic rings. The van der Waals surface area contributed by atoms with E-state index in [1.54, 1.807) is 13.8 Å². The molecule has 0 radical (unpaired) electrons. The van der Waals surface area contributed by atoms with E-state index < -0.39 is 17.4 Å². The summed E-state index contributed by atoms with van der Waals surface area (Å²) in [6, 6.07) is 0. The van der Waals surface area contributed by atoms with E-state index in [2.05, 4.69) is 10.6 Å². The summed E-state index contributed by atoms with van der Waals surface area (Å²) in [6.45, 7) is 6.52. The van der Waals surface area contributed by atoms with Crippen molar-refractivity contribution < 1.29 is 19.4 Å². The normalized spacial score (nSPS) is 11.1. The van der Waals surface area contributed by atoms with E-state index in [4.69, 9.17) is 9.84 Å². The van der Waals surface area contributed by atoms with E-state index in [0.717, 1.165) is 0 Å². The van der Waals surface area contributed by atoms with Gasteiger partial charge in [-0.1, -0.05) is 0 Å². The molecule has 100 valence electrons. The number of rotatable bonds is 7. The Morgan fingerprint density at radius 1 is 1.29 bits per heavy atom. The van der Waals surface area contributed by atoms with Crippen LogP contribution in [0.25, 0.3) is 0 Å². The Morgan fingerprint density at radius 3 is 2.47 bits per heavy atom. The van der Waals surface area contributed by atoms with Crippen molar-refractivity contribution in [2.75, 3.05) is 26.4 Å². The molecule has 6 heteroatoms. The van der Waals surface area contributed by atoms with Gasteiger partial charge in [-0.3, -0.25) is 9.59 Å². The maximum atomic E-state index is 11.4. The Kier molecular flexibility index (Phi) is 7.49. The lowest BCUT2D eigenvalue weighted by atomic mass is 10.1. The van der Waals surface area contributed by atoms with Gasteiger partial charge in [0, 0.05) is 19.8 Å². The molecule has 0 aliphatic heterocycles. The van der Waals surface area contributed by atoms with Gasteiger partial charge in [0.2, 0.25) is 0 Å². The van der Waals surface area contributed by atoms with Crippen LogP contribution in [-0.2, 0) is 14.3 Å². The summed E-state index contributed by atoms with van der Waals surface area (Å²) in [5.41, 5.74) is -0.792. The third-order valence-corrected chi connectivity index (χ3v) is 2.01. The van der Waals surface area contributed by atoms with Crippen molar-refractivity contribution in [3.63, 3.8) is 0 Å². The zero-order valence-electron chi connectivity index (χ0n) is 10.7. The topological polar surface area (TPSA) is 87.7 Å². The van der Waals surface area contributed by atoms with Crippen LogP contribution in [0.5, 0.6) is 0 Å². The quantitative estimate of drug-likeness (QED) is 0.414. The molecule has 0 atom stereocenters. The first-order chi connectivity index (χ1) is 7.93. The molecule has 6 nitrogen and oxygen atoms in total. The van der Waals surface area contributed by atoms with Crippen LogP contribution in [0.1, 0.15) is 27.2 Å². The van der Waals surface area contributed by atoms with Crippen molar-refractivity contribution in [3.8, 4) is 0 Å². The van der Waals surface area contributed by atoms with Crippen LogP contribution in [0, 0.1) is 0 Å². The maximum absolute atomic E-state index is 11.4. The number of hydrogen-bond acceptors (Lipinski definition) is 4. The van der Waals surface area contributed by atoms with Crippen molar-refractivity contribution >= 4 is 11.8 Å². The largest absolute Gasteiger partial charge is 0.394 e. The summed E-state index contributed by atoms with van der Waals surface area (Å²) in [6.07, 6.45) is 0.663. The second kappa shape index (κ2) is 8.03. The molecule has 0 aliphatic carbocycles. The first-order valence-corrected chi connectivity index (χ1v) is 5.72. The summed E-state index contributed by atoms with van der Waals surface area (Å²) < 4.78 is 5.09. The Morgan fingerprint density at radius 2 is 1.94 bits per heavy atom. The smallest absolute Gasteiger partial charge is 0.309 e. The molecule has 0 saturated carbocycles. The van der Waals surface area contributed by atoms with E-state index in [1.165, 1.54) is 0 Å². The van der Waals surface area contributed by atoms with E-state index in [9.17, 15) is 9.59 Å². The van der Waals surface area contributed by atoms with Gasteiger partial charge in [-0.25, -0.2) is 0 Å². The highest BCUT2D eigenvalue weighted by Crippen LogP contribution is 1.98. The van der Waals surface area contributed by atoms with Crippen molar-refractivity contribution in [2.24, 2.45) is 0 Å². The minimum Gasteiger partial charge on any atom is -0.394 e. The Hall–Kier alpha value is -1.14. The third-order valence-electron chi connectivity index (χ3n) is 2.01. The Labute approximate surface area is 102 Å². The summed E-state index contributed by atoms with van der Waals surface area (Å²) in [5.74, 6) is -1.43. The van der Waals surface area contributed by atoms with Gasteiger partial charge in [-0.15, -0.1) is 0 Å². The van der Waals surface area contributed by atoms with Crippen molar-refractivity contribution in [1.29, 1.82) is 0 Å². The first-order valence-electron chi connectivity index (χ1n) is 5.72. The predicted octanol–water partition coefficient (Wildman–Crippen LogP) is -0.584. The molecule has 0 aliphatic rings. The van der Waals surface area contributed by atoms with Crippen molar-refractivity contribution in [3.05, 3.63) is 0 Å². The molecule has 2 amide bonds. The Balaban J connectivity index is 3.79. The molecule has 0 unspecified atom stereocenters. The molecule has 0 saturated heterocycles. The second-order valence-corrected chi connectivity index (χ2v) is 4.30. The highest BCUT2D eigenvalue weighted by atomic mass is 16.5. The molecular formula is C11H22N2O4. The zero-order valence-corrected chi connectivity index (χ0v) is 10.7. The molecule has 0 heterocycles. The molecule has 0 bridgehead atoms. The highest BCUT2D eigenvalue weighted by Gasteiger charge is 2.23. The van der Waals surface area contributed by atoms with Gasteiger partial charge in [0.15, 0.2) is 0 Å². The van der Waals surface area contributed by atoms with Gasteiger partial charge in [-0.05, 0) is 27.2 Å². The first kappa shape index (κ1) is 15.9. The third kappa shape index (κ3) is 7.70. The lowest BCUT2D eigenvalue weighted by molar-refractivity contribution is -0.140. The van der Waals surface area contributed by atoms with E-state index in [0.29, 0.717) is 26.2 Å². The summed E-state index contributed by atoms with van der Waals surface area (Å²) >= 11 is 0. The van der Waals surface area contributed by atoms with Gasteiger partial charge in [0.1, 0.15) is 0 Å². The molecule has 0 aromatic heterocycles. The van der Waals surface area contributed by atoms with E-state index in [-0.39, 0.29) is 6.61 Å². The fourth-order valence-electron chi connectivity index (χ4n) is 1.00. The average molecular weight is 246 g/mol. The van der Waals surface area contributed by atoms with E-state index >= 15 is 0 Å². The number of aliphatic hydroxyl groups excluding tert-OH is 1. The van der Waals surface area contributed by atoms with Crippen LogP contribution >= 0.6 is 0 Å². The summed E-state index contributed by atoms with van der Waals surface area (Å²) in [4.78, 5) is 22.7. The van der Waals surface area contributed by atoms with Gasteiger partial charge in [0.25, 0.3) is 0 Å². The predicted molar refractivity (Wildman–Crippen MR) is 63.4 cm³/mol. The molecule has 0 fully saturated rings. The molecule has 0 rings (SSSR count). The van der Waals surface area contributed by atoms with Crippen LogP contribution in [0.15, 0.2) is 0 Å². The van der Waals surface area contributed by atoms with Gasteiger partial charge < -0.3 is 20.5 Å². The maximum Gasteiger partial charge on any atom is 0.309 e. The number of carbonyl (C=O) groups excluding carboxylic acids is 2. The molecule has 17 heavy (non-hydrogen) atoms.